The molecule has 0 spiro atoms. The van der Waals surface area contributed by atoms with Crippen LogP contribution in [-0.2, 0) is 6.42 Å². The van der Waals surface area contributed by atoms with Crippen LogP contribution in [0.5, 0.6) is 17.2 Å². The predicted octanol–water partition coefficient (Wildman–Crippen LogP) is 2.54. The summed E-state index contributed by atoms with van der Waals surface area (Å²) in [6, 6.07) is 2.50. The van der Waals surface area contributed by atoms with E-state index < -0.39 is 0 Å². The Morgan fingerprint density at radius 3 is 2.07 bits per heavy atom. The van der Waals surface area contributed by atoms with Crippen molar-refractivity contribution in [3.05, 3.63) is 17.7 Å². The first-order valence-corrected chi connectivity index (χ1v) is 4.89. The molecule has 0 fully saturated rings. The van der Waals surface area contributed by atoms with E-state index in [0.29, 0.717) is 12.0 Å². The van der Waals surface area contributed by atoms with Crippen LogP contribution in [-0.4, -0.2) is 15.3 Å². The lowest BCUT2D eigenvalue weighted by molar-refractivity contribution is 0.417. The second-order valence-corrected chi connectivity index (χ2v) is 3.42. The summed E-state index contributed by atoms with van der Waals surface area (Å²) in [6.45, 7) is 2.09. The molecule has 0 radical (unpaired) electrons. The van der Waals surface area contributed by atoms with Crippen molar-refractivity contribution >= 4 is 0 Å². The largest absolute Gasteiger partial charge is 0.508 e. The average molecular weight is 196 g/mol. The molecule has 0 aliphatic rings. The van der Waals surface area contributed by atoms with E-state index in [1.807, 2.05) is 0 Å². The van der Waals surface area contributed by atoms with Gasteiger partial charge in [-0.25, -0.2) is 0 Å². The van der Waals surface area contributed by atoms with Crippen LogP contribution in [0.25, 0.3) is 0 Å². The average Bonchev–Trinajstić information content (AvgIpc) is 2.09. The molecule has 0 aliphatic carbocycles. The number of phenolic OH excluding ortho intramolecular Hbond substituents is 3. The number of hydrogen-bond donors (Lipinski definition) is 3. The van der Waals surface area contributed by atoms with E-state index in [9.17, 15) is 10.2 Å². The van der Waals surface area contributed by atoms with Crippen molar-refractivity contribution < 1.29 is 15.3 Å². The third-order valence-electron chi connectivity index (χ3n) is 2.22. The van der Waals surface area contributed by atoms with Crippen LogP contribution in [0.15, 0.2) is 12.1 Å². The van der Waals surface area contributed by atoms with Gasteiger partial charge in [0.25, 0.3) is 0 Å². The van der Waals surface area contributed by atoms with E-state index in [2.05, 4.69) is 6.92 Å². The van der Waals surface area contributed by atoms with E-state index in [-0.39, 0.29) is 17.2 Å². The summed E-state index contributed by atoms with van der Waals surface area (Å²) in [5.74, 6) is -0.170. The monoisotopic (exact) mass is 196 g/mol. The Balaban J connectivity index is 2.75. The normalized spacial score (nSPS) is 10.4. The summed E-state index contributed by atoms with van der Waals surface area (Å²) in [5.41, 5.74) is 0.524. The predicted molar refractivity (Wildman–Crippen MR) is 54.7 cm³/mol. The van der Waals surface area contributed by atoms with E-state index in [0.717, 1.165) is 19.3 Å². The van der Waals surface area contributed by atoms with Gasteiger partial charge >= 0.3 is 0 Å². The van der Waals surface area contributed by atoms with Crippen LogP contribution in [0.1, 0.15) is 31.7 Å². The third-order valence-corrected chi connectivity index (χ3v) is 2.22. The lowest BCUT2D eigenvalue weighted by Crippen LogP contribution is -1.87. The van der Waals surface area contributed by atoms with E-state index in [4.69, 9.17) is 5.11 Å². The minimum atomic E-state index is -0.112. The molecule has 1 aromatic carbocycles. The molecule has 3 nitrogen and oxygen atoms in total. The highest BCUT2D eigenvalue weighted by Crippen LogP contribution is 2.32. The first kappa shape index (κ1) is 10.7. The summed E-state index contributed by atoms with van der Waals surface area (Å²) in [4.78, 5) is 0. The molecule has 0 heterocycles. The Bertz CT molecular complexity index is 284. The molecule has 1 aromatic rings. The van der Waals surface area contributed by atoms with Crippen LogP contribution in [0.4, 0.5) is 0 Å². The van der Waals surface area contributed by atoms with Crippen molar-refractivity contribution in [1.29, 1.82) is 0 Å². The second kappa shape index (κ2) is 4.74. The van der Waals surface area contributed by atoms with Gasteiger partial charge < -0.3 is 15.3 Å². The van der Waals surface area contributed by atoms with Gasteiger partial charge in [-0.3, -0.25) is 0 Å². The zero-order valence-corrected chi connectivity index (χ0v) is 8.32. The fourth-order valence-corrected chi connectivity index (χ4v) is 1.44. The van der Waals surface area contributed by atoms with Gasteiger partial charge in [-0.05, 0) is 12.8 Å². The van der Waals surface area contributed by atoms with Crippen molar-refractivity contribution in [3.8, 4) is 17.2 Å². The van der Waals surface area contributed by atoms with Crippen LogP contribution < -0.4 is 0 Å². The van der Waals surface area contributed by atoms with Crippen molar-refractivity contribution in [2.75, 3.05) is 0 Å². The molecule has 0 saturated carbocycles. The zero-order valence-electron chi connectivity index (χ0n) is 8.32. The zero-order chi connectivity index (χ0) is 10.6. The summed E-state index contributed by atoms with van der Waals surface area (Å²) < 4.78 is 0. The molecule has 3 heteroatoms. The molecule has 1 rings (SSSR count). The maximum Gasteiger partial charge on any atom is 0.126 e. The molecule has 0 bridgehead atoms. The van der Waals surface area contributed by atoms with Gasteiger partial charge in [0, 0.05) is 17.7 Å². The van der Waals surface area contributed by atoms with E-state index >= 15 is 0 Å². The van der Waals surface area contributed by atoms with Gasteiger partial charge in [-0.15, -0.1) is 0 Å². The Hall–Kier alpha value is -1.38. The molecule has 14 heavy (non-hydrogen) atoms. The summed E-state index contributed by atoms with van der Waals surface area (Å²) in [6.07, 6.45) is 3.74. The Morgan fingerprint density at radius 1 is 1.00 bits per heavy atom. The second-order valence-electron chi connectivity index (χ2n) is 3.42. The van der Waals surface area contributed by atoms with Gasteiger partial charge in [-0.1, -0.05) is 19.8 Å². The maximum atomic E-state index is 9.45. The Kier molecular flexibility index (Phi) is 3.63. The smallest absolute Gasteiger partial charge is 0.126 e. The summed E-state index contributed by atoms with van der Waals surface area (Å²) in [5, 5.41) is 28.0. The molecular formula is C11H16O3. The van der Waals surface area contributed by atoms with Crippen molar-refractivity contribution in [2.45, 2.75) is 32.6 Å². The Morgan fingerprint density at radius 2 is 1.57 bits per heavy atom. The van der Waals surface area contributed by atoms with Crippen LogP contribution in [0.2, 0.25) is 0 Å². The number of phenols is 3. The molecule has 0 saturated heterocycles. The molecule has 0 atom stereocenters. The van der Waals surface area contributed by atoms with Gasteiger partial charge in [0.15, 0.2) is 0 Å². The fourth-order valence-electron chi connectivity index (χ4n) is 1.44. The Labute approximate surface area is 83.6 Å². The highest BCUT2D eigenvalue weighted by molar-refractivity contribution is 5.48. The van der Waals surface area contributed by atoms with Crippen LogP contribution in [0, 0.1) is 0 Å². The third kappa shape index (κ3) is 2.55. The number of benzene rings is 1. The summed E-state index contributed by atoms with van der Waals surface area (Å²) >= 11 is 0. The molecule has 0 unspecified atom stereocenters. The lowest BCUT2D eigenvalue weighted by Gasteiger charge is -2.07. The maximum absolute atomic E-state index is 9.45. The van der Waals surface area contributed by atoms with Gasteiger partial charge in [-0.2, -0.15) is 0 Å². The molecule has 0 aromatic heterocycles. The minimum absolute atomic E-state index is 0.0291. The van der Waals surface area contributed by atoms with Crippen molar-refractivity contribution in [1.82, 2.24) is 0 Å². The quantitative estimate of drug-likeness (QED) is 0.648. The van der Waals surface area contributed by atoms with Crippen molar-refractivity contribution in [2.24, 2.45) is 0 Å². The lowest BCUT2D eigenvalue weighted by atomic mass is 10.0. The number of rotatable bonds is 4. The number of aromatic hydroxyl groups is 3. The number of hydrogen-bond acceptors (Lipinski definition) is 3. The summed E-state index contributed by atoms with van der Waals surface area (Å²) in [7, 11) is 0. The van der Waals surface area contributed by atoms with Crippen LogP contribution >= 0.6 is 0 Å². The van der Waals surface area contributed by atoms with Gasteiger partial charge in [0.05, 0.1) is 0 Å². The molecule has 3 N–H and O–H groups in total. The van der Waals surface area contributed by atoms with E-state index in [1.54, 1.807) is 0 Å². The fraction of sp³-hybridized carbons (Fsp3) is 0.455. The SMILES string of the molecule is CCCCCc1c(O)cc(O)cc1O. The standard InChI is InChI=1S/C11H16O3/c1-2-3-4-5-9-10(13)6-8(12)7-11(9)14/h6-7,12-14H,2-5H2,1H3. The molecular weight excluding hydrogens is 180 g/mol. The van der Waals surface area contributed by atoms with E-state index in [1.165, 1.54) is 12.1 Å². The first-order chi connectivity index (χ1) is 6.65. The first-order valence-electron chi connectivity index (χ1n) is 4.89. The molecule has 0 aliphatic heterocycles. The molecule has 0 amide bonds. The van der Waals surface area contributed by atoms with Gasteiger partial charge in [0.2, 0.25) is 0 Å². The molecule has 78 valence electrons. The topological polar surface area (TPSA) is 60.7 Å². The number of unbranched alkanes of at least 4 members (excludes halogenated alkanes) is 2. The highest BCUT2D eigenvalue weighted by atomic mass is 16.3. The van der Waals surface area contributed by atoms with Gasteiger partial charge in [0.1, 0.15) is 17.2 Å². The highest BCUT2D eigenvalue weighted by Gasteiger charge is 2.08. The minimum Gasteiger partial charge on any atom is -0.508 e. The van der Waals surface area contributed by atoms with Crippen LogP contribution in [0.3, 0.4) is 0 Å². The van der Waals surface area contributed by atoms with Crippen molar-refractivity contribution in [3.63, 3.8) is 0 Å².